The van der Waals surface area contributed by atoms with Crippen LogP contribution in [0.1, 0.15) is 29.3 Å². The van der Waals surface area contributed by atoms with Crippen molar-refractivity contribution >= 4 is 17.6 Å². The number of anilines is 1. The third-order valence-corrected chi connectivity index (χ3v) is 6.30. The van der Waals surface area contributed by atoms with Crippen molar-refractivity contribution in [2.24, 2.45) is 5.41 Å². The van der Waals surface area contributed by atoms with Crippen LogP contribution in [0, 0.1) is 5.41 Å². The first-order chi connectivity index (χ1) is 16.0. The first-order valence-electron chi connectivity index (χ1n) is 11.4. The van der Waals surface area contributed by atoms with Crippen LogP contribution in [-0.2, 0) is 11.2 Å². The van der Waals surface area contributed by atoms with Gasteiger partial charge in [0.15, 0.2) is 0 Å². The zero-order valence-electron chi connectivity index (χ0n) is 19.2. The Labute approximate surface area is 195 Å². The number of amides is 2. The van der Waals surface area contributed by atoms with Gasteiger partial charge in [-0.25, -0.2) is 4.98 Å². The minimum Gasteiger partial charge on any atom is -0.373 e. The summed E-state index contributed by atoms with van der Waals surface area (Å²) in [6, 6.07) is 22.0. The highest BCUT2D eigenvalue weighted by atomic mass is 16.2. The Balaban J connectivity index is 1.59. The van der Waals surface area contributed by atoms with Gasteiger partial charge in [-0.3, -0.25) is 9.59 Å². The van der Waals surface area contributed by atoms with E-state index in [1.165, 1.54) is 0 Å². The van der Waals surface area contributed by atoms with Gasteiger partial charge in [-0.05, 0) is 48.6 Å². The summed E-state index contributed by atoms with van der Waals surface area (Å²) in [7, 11) is 1.77. The second-order valence-electron chi connectivity index (χ2n) is 8.54. The predicted molar refractivity (Wildman–Crippen MR) is 131 cm³/mol. The van der Waals surface area contributed by atoms with Crippen molar-refractivity contribution in [3.8, 4) is 11.1 Å². The minimum atomic E-state index is -0.653. The molecule has 1 aliphatic heterocycles. The molecule has 0 spiro atoms. The number of pyridine rings is 1. The monoisotopic (exact) mass is 442 g/mol. The lowest BCUT2D eigenvalue weighted by Gasteiger charge is -2.28. The van der Waals surface area contributed by atoms with Crippen LogP contribution in [0.25, 0.3) is 11.1 Å². The topological polar surface area (TPSA) is 74.3 Å². The molecule has 1 unspecified atom stereocenters. The van der Waals surface area contributed by atoms with Crippen LogP contribution in [-0.4, -0.2) is 48.4 Å². The number of rotatable bonds is 7. The maximum atomic E-state index is 13.3. The second-order valence-corrected chi connectivity index (χ2v) is 8.54. The molecule has 6 heteroatoms. The molecule has 6 nitrogen and oxygen atoms in total. The van der Waals surface area contributed by atoms with E-state index in [-0.39, 0.29) is 11.8 Å². The summed E-state index contributed by atoms with van der Waals surface area (Å²) < 4.78 is 0. The first kappa shape index (κ1) is 22.5. The van der Waals surface area contributed by atoms with Gasteiger partial charge in [-0.2, -0.15) is 0 Å². The average molecular weight is 443 g/mol. The lowest BCUT2D eigenvalue weighted by molar-refractivity contribution is -0.130. The minimum absolute atomic E-state index is 0.0102. The highest BCUT2D eigenvalue weighted by Gasteiger charge is 2.46. The molecular formula is C27H30N4O2. The molecular weight excluding hydrogens is 412 g/mol. The number of benzene rings is 2. The fraction of sp³-hybridized carbons (Fsp3) is 0.296. The van der Waals surface area contributed by atoms with E-state index in [4.69, 9.17) is 0 Å². The molecule has 1 atom stereocenters. The van der Waals surface area contributed by atoms with Crippen molar-refractivity contribution in [2.45, 2.75) is 19.8 Å². The number of aromatic nitrogens is 1. The van der Waals surface area contributed by atoms with Gasteiger partial charge in [-0.1, -0.05) is 54.6 Å². The molecule has 3 aromatic rings. The van der Waals surface area contributed by atoms with Crippen LogP contribution >= 0.6 is 0 Å². The SMILES string of the molecule is CCNC(=O)C1(Cc2cccc(-c3ccccc3)c2)CCN(C(=O)c2ccnc(NC)c2)C1. The summed E-state index contributed by atoms with van der Waals surface area (Å²) in [5.74, 6) is 0.585. The summed E-state index contributed by atoms with van der Waals surface area (Å²) in [6.07, 6.45) is 2.84. The fourth-order valence-corrected chi connectivity index (χ4v) is 4.57. The molecule has 2 heterocycles. The second kappa shape index (κ2) is 9.86. The van der Waals surface area contributed by atoms with E-state index in [1.54, 1.807) is 30.3 Å². The molecule has 1 aliphatic rings. The molecule has 1 fully saturated rings. The van der Waals surface area contributed by atoms with E-state index < -0.39 is 5.41 Å². The van der Waals surface area contributed by atoms with Crippen LogP contribution in [0.15, 0.2) is 72.9 Å². The maximum Gasteiger partial charge on any atom is 0.254 e. The van der Waals surface area contributed by atoms with Crippen molar-refractivity contribution < 1.29 is 9.59 Å². The first-order valence-corrected chi connectivity index (χ1v) is 11.4. The van der Waals surface area contributed by atoms with Gasteiger partial charge < -0.3 is 15.5 Å². The number of nitrogens with zero attached hydrogens (tertiary/aromatic N) is 2. The highest BCUT2D eigenvalue weighted by Crippen LogP contribution is 2.36. The standard InChI is InChI=1S/C27H30N4O2/c1-3-29-26(33)27(18-20-8-7-11-22(16-20)21-9-5-4-6-10-21)13-15-31(19-27)25(32)23-12-14-30-24(17-23)28-2/h4-12,14,16-17H,3,13,15,18-19H2,1-2H3,(H,28,30)(H,29,33). The summed E-state index contributed by atoms with van der Waals surface area (Å²) in [5, 5.41) is 5.98. The largest absolute Gasteiger partial charge is 0.373 e. The predicted octanol–water partition coefficient (Wildman–Crippen LogP) is 4.00. The molecule has 0 saturated carbocycles. The van der Waals surface area contributed by atoms with Crippen molar-refractivity contribution in [2.75, 3.05) is 32.0 Å². The molecule has 1 saturated heterocycles. The van der Waals surface area contributed by atoms with E-state index in [9.17, 15) is 9.59 Å². The quantitative estimate of drug-likeness (QED) is 0.580. The van der Waals surface area contributed by atoms with Crippen LogP contribution in [0.4, 0.5) is 5.82 Å². The highest BCUT2D eigenvalue weighted by molar-refractivity contribution is 5.96. The fourth-order valence-electron chi connectivity index (χ4n) is 4.57. The number of carbonyl (C=O) groups is 2. The van der Waals surface area contributed by atoms with Gasteiger partial charge >= 0.3 is 0 Å². The van der Waals surface area contributed by atoms with Gasteiger partial charge in [0.25, 0.3) is 5.91 Å². The zero-order chi connectivity index (χ0) is 23.3. The summed E-state index contributed by atoms with van der Waals surface area (Å²) in [6.45, 7) is 3.43. The summed E-state index contributed by atoms with van der Waals surface area (Å²) in [4.78, 5) is 32.5. The smallest absolute Gasteiger partial charge is 0.254 e. The Morgan fingerprint density at radius 3 is 2.58 bits per heavy atom. The summed E-state index contributed by atoms with van der Waals surface area (Å²) in [5.41, 5.74) is 3.29. The molecule has 2 N–H and O–H groups in total. The van der Waals surface area contributed by atoms with Crippen LogP contribution in [0.2, 0.25) is 0 Å². The van der Waals surface area contributed by atoms with E-state index in [2.05, 4.69) is 45.9 Å². The number of likely N-dealkylation sites (tertiary alicyclic amines) is 1. The lowest BCUT2D eigenvalue weighted by Crippen LogP contribution is -2.45. The molecule has 4 rings (SSSR count). The van der Waals surface area contributed by atoms with Crippen LogP contribution in [0.3, 0.4) is 0 Å². The normalized spacial score (nSPS) is 17.6. The zero-order valence-corrected chi connectivity index (χ0v) is 19.2. The molecule has 33 heavy (non-hydrogen) atoms. The van der Waals surface area contributed by atoms with E-state index in [0.717, 1.165) is 16.7 Å². The van der Waals surface area contributed by atoms with Gasteiger partial charge in [0.2, 0.25) is 5.91 Å². The van der Waals surface area contributed by atoms with Gasteiger partial charge in [-0.15, -0.1) is 0 Å². The van der Waals surface area contributed by atoms with Crippen molar-refractivity contribution in [1.82, 2.24) is 15.2 Å². The summed E-state index contributed by atoms with van der Waals surface area (Å²) >= 11 is 0. The molecule has 0 bridgehead atoms. The average Bonchev–Trinajstić information content (AvgIpc) is 3.29. The van der Waals surface area contributed by atoms with Crippen LogP contribution < -0.4 is 10.6 Å². The molecule has 1 aromatic heterocycles. The Hall–Kier alpha value is -3.67. The van der Waals surface area contributed by atoms with Gasteiger partial charge in [0, 0.05) is 38.4 Å². The number of hydrogen-bond donors (Lipinski definition) is 2. The van der Waals surface area contributed by atoms with Crippen molar-refractivity contribution in [3.63, 3.8) is 0 Å². The Bertz CT molecular complexity index is 1130. The third kappa shape index (κ3) is 4.90. The molecule has 2 aromatic carbocycles. The van der Waals surface area contributed by atoms with E-state index >= 15 is 0 Å². The van der Waals surface area contributed by atoms with Gasteiger partial charge in [0.05, 0.1) is 5.41 Å². The van der Waals surface area contributed by atoms with Gasteiger partial charge in [0.1, 0.15) is 5.82 Å². The Morgan fingerprint density at radius 2 is 1.82 bits per heavy atom. The Morgan fingerprint density at radius 1 is 1.03 bits per heavy atom. The van der Waals surface area contributed by atoms with E-state index in [1.807, 2.05) is 31.2 Å². The molecule has 0 aliphatic carbocycles. The number of carbonyl (C=O) groups excluding carboxylic acids is 2. The van der Waals surface area contributed by atoms with Crippen molar-refractivity contribution in [3.05, 3.63) is 84.1 Å². The molecule has 0 radical (unpaired) electrons. The lowest BCUT2D eigenvalue weighted by atomic mass is 9.79. The molecule has 170 valence electrons. The maximum absolute atomic E-state index is 13.3. The van der Waals surface area contributed by atoms with E-state index in [0.29, 0.717) is 43.9 Å². The third-order valence-electron chi connectivity index (χ3n) is 6.30. The molecule has 2 amide bonds. The Kier molecular flexibility index (Phi) is 6.73. The number of hydrogen-bond acceptors (Lipinski definition) is 4. The van der Waals surface area contributed by atoms with Crippen molar-refractivity contribution in [1.29, 1.82) is 0 Å². The van der Waals surface area contributed by atoms with Crippen LogP contribution in [0.5, 0.6) is 0 Å². The number of nitrogens with one attached hydrogen (secondary N) is 2.